The summed E-state index contributed by atoms with van der Waals surface area (Å²) < 4.78 is 28.3. The summed E-state index contributed by atoms with van der Waals surface area (Å²) in [6.07, 6.45) is 0. The van der Waals surface area contributed by atoms with Gasteiger partial charge in [-0.25, -0.2) is 8.42 Å². The Morgan fingerprint density at radius 3 is 1.87 bits per heavy atom. The van der Waals surface area contributed by atoms with Crippen molar-refractivity contribution in [1.82, 2.24) is 4.57 Å². The molecule has 0 N–H and O–H groups in total. The van der Waals surface area contributed by atoms with Crippen LogP contribution in [0.3, 0.4) is 0 Å². The van der Waals surface area contributed by atoms with Crippen LogP contribution in [0.2, 0.25) is 0 Å². The number of carbonyl (C=O) groups excluding carboxylic acids is 1. The van der Waals surface area contributed by atoms with Crippen LogP contribution in [-0.4, -0.2) is 18.8 Å². The van der Waals surface area contributed by atoms with Crippen LogP contribution in [0.25, 0.3) is 27.5 Å². The van der Waals surface area contributed by atoms with Gasteiger partial charge < -0.3 is 4.57 Å². The normalized spacial score (nSPS) is 14.6. The topological polar surface area (TPSA) is 56.1 Å². The van der Waals surface area contributed by atoms with Gasteiger partial charge in [0.25, 0.3) is 0 Å². The maximum atomic E-state index is 13.2. The summed E-state index contributed by atoms with van der Waals surface area (Å²) in [7, 11) is -3.73. The molecule has 4 aromatic carbocycles. The summed E-state index contributed by atoms with van der Waals surface area (Å²) in [6.45, 7) is 0. The van der Waals surface area contributed by atoms with E-state index < -0.39 is 9.84 Å². The third-order valence-electron chi connectivity index (χ3n) is 5.76. The molecule has 30 heavy (non-hydrogen) atoms. The zero-order valence-corrected chi connectivity index (χ0v) is 16.6. The van der Waals surface area contributed by atoms with E-state index in [9.17, 15) is 13.2 Å². The Kier molecular flexibility index (Phi) is 3.38. The number of benzene rings is 4. The van der Waals surface area contributed by atoms with Crippen molar-refractivity contribution in [3.63, 3.8) is 0 Å². The van der Waals surface area contributed by atoms with Gasteiger partial charge in [-0.05, 0) is 42.5 Å². The van der Waals surface area contributed by atoms with Crippen LogP contribution in [0.1, 0.15) is 15.9 Å². The Morgan fingerprint density at radius 1 is 0.600 bits per heavy atom. The number of carbonyl (C=O) groups is 1. The Bertz CT molecular complexity index is 1570. The molecule has 4 nitrogen and oxygen atoms in total. The predicted octanol–water partition coefficient (Wildman–Crippen LogP) is 5.16. The summed E-state index contributed by atoms with van der Waals surface area (Å²) in [5.41, 5.74) is 3.21. The van der Waals surface area contributed by atoms with Gasteiger partial charge in [0, 0.05) is 27.6 Å². The molecule has 144 valence electrons. The monoisotopic (exact) mass is 409 g/mol. The summed E-state index contributed by atoms with van der Waals surface area (Å²) >= 11 is 0. The van der Waals surface area contributed by atoms with Crippen molar-refractivity contribution in [3.05, 3.63) is 102 Å². The molecule has 2 heterocycles. The molecular formula is C25H15NO3S. The van der Waals surface area contributed by atoms with Crippen LogP contribution in [0.4, 0.5) is 0 Å². The highest BCUT2D eigenvalue weighted by Gasteiger charge is 2.34. The largest absolute Gasteiger partial charge is 0.309 e. The minimum absolute atomic E-state index is 0.0655. The second-order valence-electron chi connectivity index (χ2n) is 7.38. The van der Waals surface area contributed by atoms with Gasteiger partial charge in [-0.2, -0.15) is 0 Å². The molecule has 0 radical (unpaired) electrons. The molecule has 0 spiro atoms. The van der Waals surface area contributed by atoms with Crippen LogP contribution in [-0.2, 0) is 9.84 Å². The van der Waals surface area contributed by atoms with E-state index in [-0.39, 0.29) is 26.7 Å². The van der Waals surface area contributed by atoms with Crippen molar-refractivity contribution >= 4 is 37.4 Å². The van der Waals surface area contributed by atoms with Crippen LogP contribution >= 0.6 is 0 Å². The lowest BCUT2D eigenvalue weighted by Crippen LogP contribution is -2.20. The molecule has 0 bridgehead atoms. The molecular weight excluding hydrogens is 394 g/mol. The number of aromatic nitrogens is 1. The van der Waals surface area contributed by atoms with Crippen molar-refractivity contribution in [2.75, 3.05) is 0 Å². The highest BCUT2D eigenvalue weighted by atomic mass is 32.2. The van der Waals surface area contributed by atoms with Gasteiger partial charge >= 0.3 is 0 Å². The van der Waals surface area contributed by atoms with Gasteiger partial charge in [-0.3, -0.25) is 4.79 Å². The first-order valence-electron chi connectivity index (χ1n) is 9.59. The number of ketones is 1. The van der Waals surface area contributed by atoms with E-state index in [0.717, 1.165) is 27.5 Å². The van der Waals surface area contributed by atoms with Gasteiger partial charge in [-0.1, -0.05) is 48.5 Å². The molecule has 0 aliphatic carbocycles. The molecule has 0 fully saturated rings. The maximum absolute atomic E-state index is 13.2. The van der Waals surface area contributed by atoms with E-state index in [1.54, 1.807) is 36.4 Å². The minimum atomic E-state index is -3.73. The van der Waals surface area contributed by atoms with E-state index in [4.69, 9.17) is 0 Å². The smallest absolute Gasteiger partial charge is 0.208 e. The zero-order chi connectivity index (χ0) is 20.5. The first-order chi connectivity index (χ1) is 14.6. The Morgan fingerprint density at radius 2 is 1.17 bits per heavy atom. The van der Waals surface area contributed by atoms with Gasteiger partial charge in [0.05, 0.1) is 20.8 Å². The molecule has 1 aliphatic rings. The van der Waals surface area contributed by atoms with Crippen LogP contribution in [0.15, 0.2) is 101 Å². The van der Waals surface area contributed by atoms with Crippen molar-refractivity contribution < 1.29 is 13.2 Å². The highest BCUT2D eigenvalue weighted by molar-refractivity contribution is 7.91. The Balaban J connectivity index is 1.68. The van der Waals surface area contributed by atoms with Crippen molar-refractivity contribution in [2.45, 2.75) is 9.79 Å². The summed E-state index contributed by atoms with van der Waals surface area (Å²) in [5.74, 6) is -0.266. The van der Waals surface area contributed by atoms with Crippen LogP contribution in [0, 0.1) is 0 Å². The number of rotatable bonds is 1. The molecule has 0 unspecified atom stereocenters. The number of nitrogens with zero attached hydrogens (tertiary/aromatic N) is 1. The third-order valence-corrected chi connectivity index (χ3v) is 7.63. The van der Waals surface area contributed by atoms with E-state index in [0.29, 0.717) is 0 Å². The van der Waals surface area contributed by atoms with E-state index in [1.807, 2.05) is 36.4 Å². The Hall–Kier alpha value is -3.70. The summed E-state index contributed by atoms with van der Waals surface area (Å²) in [5, 5.41) is 2.21. The molecule has 1 aromatic heterocycles. The third kappa shape index (κ3) is 2.15. The predicted molar refractivity (Wildman–Crippen MR) is 116 cm³/mol. The molecule has 0 amide bonds. The fourth-order valence-electron chi connectivity index (χ4n) is 4.42. The summed E-state index contributed by atoms with van der Waals surface area (Å²) in [6, 6.07) is 27.6. The van der Waals surface area contributed by atoms with Crippen LogP contribution < -0.4 is 0 Å². The van der Waals surface area contributed by atoms with Gasteiger partial charge in [0.1, 0.15) is 0 Å². The van der Waals surface area contributed by atoms with Gasteiger partial charge in [-0.15, -0.1) is 0 Å². The number of sulfone groups is 1. The maximum Gasteiger partial charge on any atom is 0.208 e. The fourth-order valence-corrected chi connectivity index (χ4v) is 6.05. The lowest BCUT2D eigenvalue weighted by Gasteiger charge is -2.20. The Labute approximate surface area is 172 Å². The summed E-state index contributed by atoms with van der Waals surface area (Å²) in [4.78, 5) is 13.3. The van der Waals surface area contributed by atoms with E-state index in [1.165, 1.54) is 6.07 Å². The lowest BCUT2D eigenvalue weighted by molar-refractivity contribution is 0.103. The fraction of sp³-hybridized carbons (Fsp3) is 0. The van der Waals surface area contributed by atoms with Gasteiger partial charge in [0.2, 0.25) is 9.84 Å². The van der Waals surface area contributed by atoms with E-state index >= 15 is 0 Å². The average Bonchev–Trinajstić information content (AvgIpc) is 3.12. The first-order valence-corrected chi connectivity index (χ1v) is 11.1. The van der Waals surface area contributed by atoms with Crippen LogP contribution in [0.5, 0.6) is 0 Å². The molecule has 0 saturated heterocycles. The quantitative estimate of drug-likeness (QED) is 0.377. The number of fused-ring (bicyclic) bond motifs is 5. The molecule has 0 atom stereocenters. The minimum Gasteiger partial charge on any atom is -0.309 e. The first kappa shape index (κ1) is 17.2. The number of para-hydroxylation sites is 2. The SMILES string of the molecule is O=C1c2ccccc2S(=O)(=O)c2ccc(-n3c4ccccc4c4ccccc43)cc21. The molecule has 1 aliphatic heterocycles. The van der Waals surface area contributed by atoms with Crippen molar-refractivity contribution in [3.8, 4) is 5.69 Å². The molecule has 5 heteroatoms. The zero-order valence-electron chi connectivity index (χ0n) is 15.7. The van der Waals surface area contributed by atoms with Crippen molar-refractivity contribution in [2.24, 2.45) is 0 Å². The van der Waals surface area contributed by atoms with Gasteiger partial charge in [0.15, 0.2) is 5.78 Å². The molecule has 6 rings (SSSR count). The molecule has 0 saturated carbocycles. The standard InChI is InChI=1S/C25H15NO3S/c27-25-19-9-3-6-12-23(19)30(28,29)24-14-13-16(15-20(24)25)26-21-10-4-1-7-17(21)18-8-2-5-11-22(18)26/h1-15H. The van der Waals surface area contributed by atoms with E-state index in [2.05, 4.69) is 16.7 Å². The second-order valence-corrected chi connectivity index (χ2v) is 9.27. The second kappa shape index (κ2) is 5.90. The number of hydrogen-bond acceptors (Lipinski definition) is 3. The lowest BCUT2D eigenvalue weighted by atomic mass is 10.0. The number of hydrogen-bond donors (Lipinski definition) is 0. The molecule has 5 aromatic rings. The van der Waals surface area contributed by atoms with Crippen molar-refractivity contribution in [1.29, 1.82) is 0 Å². The highest BCUT2D eigenvalue weighted by Crippen LogP contribution is 2.37. The average molecular weight is 409 g/mol.